The highest BCUT2D eigenvalue weighted by Crippen LogP contribution is 2.20. The van der Waals surface area contributed by atoms with Crippen LogP contribution in [0.2, 0.25) is 0 Å². The molecule has 2 N–H and O–H groups in total. The number of aliphatic hydroxyl groups is 1. The molecule has 3 rings (SSSR count). The van der Waals surface area contributed by atoms with Crippen molar-refractivity contribution < 1.29 is 19.0 Å². The summed E-state index contributed by atoms with van der Waals surface area (Å²) < 4.78 is 19.2. The summed E-state index contributed by atoms with van der Waals surface area (Å²) in [6.07, 6.45) is -1.27. The van der Waals surface area contributed by atoms with Gasteiger partial charge in [0.15, 0.2) is 5.96 Å². The van der Waals surface area contributed by atoms with Crippen molar-refractivity contribution in [1.82, 2.24) is 15.1 Å². The molecule has 1 aromatic carbocycles. The predicted octanol–water partition coefficient (Wildman–Crippen LogP) is 2.36. The Kier molecular flexibility index (Phi) is 7.49. The van der Waals surface area contributed by atoms with Gasteiger partial charge in [-0.25, -0.2) is 9.18 Å². The molecule has 2 atom stereocenters. The Morgan fingerprint density at radius 3 is 2.79 bits per heavy atom. The monoisotopic (exact) mass is 506 g/mol. The van der Waals surface area contributed by atoms with Crippen molar-refractivity contribution in [2.45, 2.75) is 38.5 Å². The summed E-state index contributed by atoms with van der Waals surface area (Å²) in [7, 11) is 0. The maximum atomic E-state index is 13.8. The normalized spacial score (nSPS) is 20.0. The van der Waals surface area contributed by atoms with Crippen molar-refractivity contribution in [3.8, 4) is 0 Å². The minimum atomic E-state index is -0.962. The summed E-state index contributed by atoms with van der Waals surface area (Å²) in [6, 6.07) is 6.27. The van der Waals surface area contributed by atoms with Gasteiger partial charge in [-0.2, -0.15) is 0 Å². The number of hydrogen-bond donors (Lipinski definition) is 2. The van der Waals surface area contributed by atoms with Crippen LogP contribution in [0.1, 0.15) is 32.4 Å². The molecule has 0 radical (unpaired) electrons. The highest BCUT2D eigenvalue weighted by atomic mass is 127. The lowest BCUT2D eigenvalue weighted by atomic mass is 10.1. The Morgan fingerprint density at radius 2 is 2.11 bits per heavy atom. The average molecular weight is 506 g/mol. The van der Waals surface area contributed by atoms with Crippen molar-refractivity contribution >= 4 is 36.0 Å². The third kappa shape index (κ3) is 5.47. The van der Waals surface area contributed by atoms with Gasteiger partial charge in [0.25, 0.3) is 0 Å². The number of amides is 1. The van der Waals surface area contributed by atoms with Gasteiger partial charge in [0.2, 0.25) is 0 Å². The van der Waals surface area contributed by atoms with Gasteiger partial charge in [-0.1, -0.05) is 18.2 Å². The summed E-state index contributed by atoms with van der Waals surface area (Å²) >= 11 is 0. The number of halogens is 2. The second-order valence-electron chi connectivity index (χ2n) is 7.86. The van der Waals surface area contributed by atoms with E-state index in [1.807, 2.05) is 20.8 Å². The number of carbonyl (C=O) groups excluding carboxylic acids is 1. The summed E-state index contributed by atoms with van der Waals surface area (Å²) in [5.41, 5.74) is -0.259. The fourth-order valence-electron chi connectivity index (χ4n) is 3.27. The van der Waals surface area contributed by atoms with Gasteiger partial charge >= 0.3 is 6.09 Å². The summed E-state index contributed by atoms with van der Waals surface area (Å²) in [5.74, 6) is 0.253. The van der Waals surface area contributed by atoms with Gasteiger partial charge < -0.3 is 25.0 Å². The first kappa shape index (κ1) is 22.7. The Hall–Kier alpha value is -1.62. The second-order valence-corrected chi connectivity index (χ2v) is 7.86. The van der Waals surface area contributed by atoms with Crippen LogP contribution in [0.4, 0.5) is 9.18 Å². The van der Waals surface area contributed by atoms with Gasteiger partial charge in [0.1, 0.15) is 11.4 Å². The van der Waals surface area contributed by atoms with Gasteiger partial charge in [0, 0.05) is 31.7 Å². The maximum absolute atomic E-state index is 13.8. The number of guanidine groups is 1. The Morgan fingerprint density at radius 1 is 1.39 bits per heavy atom. The van der Waals surface area contributed by atoms with Crippen LogP contribution in [-0.4, -0.2) is 71.3 Å². The molecule has 0 aliphatic carbocycles. The number of hydrogen-bond acceptors (Lipinski definition) is 6. The molecular weight excluding hydrogens is 478 g/mol. The number of fused-ring (bicyclic) bond motifs is 1. The van der Waals surface area contributed by atoms with Crippen LogP contribution in [0.5, 0.6) is 0 Å². The molecule has 2 unspecified atom stereocenters. The van der Waals surface area contributed by atoms with E-state index in [4.69, 9.17) is 4.74 Å². The number of ether oxygens (including phenoxy) is 1. The zero-order valence-corrected chi connectivity index (χ0v) is 18.7. The Bertz CT molecular complexity index is 725. The first-order valence-electron chi connectivity index (χ1n) is 9.20. The first-order chi connectivity index (χ1) is 12.7. The molecule has 28 heavy (non-hydrogen) atoms. The van der Waals surface area contributed by atoms with E-state index in [1.54, 1.807) is 23.1 Å². The van der Waals surface area contributed by atoms with E-state index in [2.05, 4.69) is 15.2 Å². The lowest BCUT2D eigenvalue weighted by Gasteiger charge is -2.39. The fraction of sp³-hybridized carbons (Fsp3) is 0.579. The smallest absolute Gasteiger partial charge is 0.410 e. The molecule has 2 aliphatic rings. The van der Waals surface area contributed by atoms with Crippen molar-refractivity contribution in [1.29, 1.82) is 0 Å². The second kappa shape index (κ2) is 9.25. The van der Waals surface area contributed by atoms with Gasteiger partial charge in [-0.05, 0) is 26.8 Å². The fourth-order valence-corrected chi connectivity index (χ4v) is 3.27. The highest BCUT2D eigenvalue weighted by Gasteiger charge is 2.36. The van der Waals surface area contributed by atoms with Crippen LogP contribution in [0.15, 0.2) is 29.3 Å². The van der Waals surface area contributed by atoms with Crippen molar-refractivity contribution in [2.24, 2.45) is 4.99 Å². The molecule has 0 aromatic heterocycles. The van der Waals surface area contributed by atoms with Crippen LogP contribution < -0.4 is 5.32 Å². The number of aliphatic hydroxyl groups excluding tert-OH is 1. The van der Waals surface area contributed by atoms with E-state index >= 15 is 0 Å². The van der Waals surface area contributed by atoms with Crippen molar-refractivity contribution in [3.05, 3.63) is 35.6 Å². The molecule has 9 heteroatoms. The zero-order valence-electron chi connectivity index (χ0n) is 16.4. The standard InChI is InChI=1S/C19H27FN4O3.HI/c1-19(2,3)27-18(26)23-8-9-24-13(12-23)10-21-17(24)22-11-16(25)14-6-4-5-7-15(14)20;/h4-7,13,16,25H,8-12H2,1-3H3,(H,21,22);1H. The molecular formula is C19H28FIN4O3. The summed E-state index contributed by atoms with van der Waals surface area (Å²) in [4.78, 5) is 20.5. The molecule has 1 amide bonds. The molecule has 1 fully saturated rings. The lowest BCUT2D eigenvalue weighted by Crippen LogP contribution is -2.57. The molecule has 0 bridgehead atoms. The summed E-state index contributed by atoms with van der Waals surface area (Å²) in [5, 5.41) is 13.3. The van der Waals surface area contributed by atoms with E-state index in [9.17, 15) is 14.3 Å². The SMILES string of the molecule is CC(C)(C)OC(=O)N1CCN2C(NCC(O)c3ccccc3F)=NCC2C1.I. The minimum absolute atomic E-state index is 0. The molecule has 7 nitrogen and oxygen atoms in total. The zero-order chi connectivity index (χ0) is 19.6. The third-order valence-electron chi connectivity index (χ3n) is 4.58. The molecule has 156 valence electrons. The lowest BCUT2D eigenvalue weighted by molar-refractivity contribution is 0.0137. The van der Waals surface area contributed by atoms with Gasteiger partial charge in [0.05, 0.1) is 18.7 Å². The number of rotatable bonds is 3. The van der Waals surface area contributed by atoms with Crippen LogP contribution in [0, 0.1) is 5.82 Å². The van der Waals surface area contributed by atoms with Gasteiger partial charge in [-0.3, -0.25) is 4.99 Å². The van der Waals surface area contributed by atoms with E-state index in [0.29, 0.717) is 32.1 Å². The van der Waals surface area contributed by atoms with Gasteiger partial charge in [-0.15, -0.1) is 24.0 Å². The molecule has 0 saturated carbocycles. The van der Waals surface area contributed by atoms with E-state index < -0.39 is 17.5 Å². The van der Waals surface area contributed by atoms with Crippen LogP contribution >= 0.6 is 24.0 Å². The largest absolute Gasteiger partial charge is 0.444 e. The number of benzene rings is 1. The predicted molar refractivity (Wildman–Crippen MR) is 115 cm³/mol. The number of carbonyl (C=O) groups is 1. The Balaban J connectivity index is 0.00000280. The van der Waals surface area contributed by atoms with E-state index in [1.165, 1.54) is 6.07 Å². The number of nitrogens with one attached hydrogen (secondary N) is 1. The summed E-state index contributed by atoms with van der Waals surface area (Å²) in [6.45, 7) is 8.00. The molecule has 2 heterocycles. The maximum Gasteiger partial charge on any atom is 0.410 e. The number of nitrogens with zero attached hydrogens (tertiary/aromatic N) is 3. The van der Waals surface area contributed by atoms with Crippen LogP contribution in [0.3, 0.4) is 0 Å². The van der Waals surface area contributed by atoms with E-state index in [-0.39, 0.29) is 48.2 Å². The van der Waals surface area contributed by atoms with Crippen LogP contribution in [-0.2, 0) is 4.74 Å². The minimum Gasteiger partial charge on any atom is -0.444 e. The topological polar surface area (TPSA) is 77.4 Å². The van der Waals surface area contributed by atoms with Crippen LogP contribution in [0.25, 0.3) is 0 Å². The molecule has 1 aromatic rings. The first-order valence-corrected chi connectivity index (χ1v) is 9.20. The van der Waals surface area contributed by atoms with E-state index in [0.717, 1.165) is 0 Å². The quantitative estimate of drug-likeness (QED) is 0.616. The molecule has 2 aliphatic heterocycles. The van der Waals surface area contributed by atoms with Crippen molar-refractivity contribution in [2.75, 3.05) is 32.7 Å². The third-order valence-corrected chi connectivity index (χ3v) is 4.58. The van der Waals surface area contributed by atoms with Crippen molar-refractivity contribution in [3.63, 3.8) is 0 Å². The number of aliphatic imine (C=N–C) groups is 1. The number of piperazine rings is 1. The average Bonchev–Trinajstić information content (AvgIpc) is 3.01. The Labute approximate surface area is 182 Å². The molecule has 0 spiro atoms. The molecule has 1 saturated heterocycles. The highest BCUT2D eigenvalue weighted by molar-refractivity contribution is 14.0.